The molecule has 21 heavy (non-hydrogen) atoms. The Hall–Kier alpha value is -1.91. The van der Waals surface area contributed by atoms with Gasteiger partial charge in [-0.3, -0.25) is 5.84 Å². The van der Waals surface area contributed by atoms with Crippen molar-refractivity contribution in [3.05, 3.63) is 65.0 Å². The number of hydrogen-bond donors (Lipinski definition) is 2. The summed E-state index contributed by atoms with van der Waals surface area (Å²) in [5, 5.41) is 0. The maximum atomic E-state index is 14.1. The third-order valence-corrected chi connectivity index (χ3v) is 3.29. The second kappa shape index (κ2) is 7.20. The second-order valence-corrected chi connectivity index (χ2v) is 5.05. The zero-order chi connectivity index (χ0) is 15.2. The van der Waals surface area contributed by atoms with Crippen molar-refractivity contribution < 1.29 is 9.13 Å². The summed E-state index contributed by atoms with van der Waals surface area (Å²) in [6.45, 7) is 4.64. The van der Waals surface area contributed by atoms with Crippen LogP contribution >= 0.6 is 0 Å². The summed E-state index contributed by atoms with van der Waals surface area (Å²) in [5.41, 5.74) is 5.08. The van der Waals surface area contributed by atoms with Crippen LogP contribution in [0.2, 0.25) is 0 Å². The number of aryl methyl sites for hydroxylation is 1. The fourth-order valence-electron chi connectivity index (χ4n) is 2.25. The quantitative estimate of drug-likeness (QED) is 0.632. The van der Waals surface area contributed by atoms with Crippen LogP contribution in [-0.2, 0) is 0 Å². The molecule has 1 unspecified atom stereocenters. The summed E-state index contributed by atoms with van der Waals surface area (Å²) in [6.07, 6.45) is 0.940. The third-order valence-electron chi connectivity index (χ3n) is 3.29. The van der Waals surface area contributed by atoms with E-state index in [4.69, 9.17) is 10.6 Å². The Balaban J connectivity index is 2.34. The van der Waals surface area contributed by atoms with E-state index >= 15 is 0 Å². The van der Waals surface area contributed by atoms with Crippen LogP contribution in [0.1, 0.15) is 36.1 Å². The van der Waals surface area contributed by atoms with Crippen molar-refractivity contribution in [3.8, 4) is 5.75 Å². The van der Waals surface area contributed by atoms with Crippen LogP contribution in [0.25, 0.3) is 0 Å². The number of hydrazine groups is 1. The van der Waals surface area contributed by atoms with Gasteiger partial charge < -0.3 is 4.74 Å². The van der Waals surface area contributed by atoms with E-state index < -0.39 is 6.04 Å². The van der Waals surface area contributed by atoms with Crippen molar-refractivity contribution in [1.29, 1.82) is 0 Å². The Morgan fingerprint density at radius 1 is 1.24 bits per heavy atom. The van der Waals surface area contributed by atoms with Crippen LogP contribution in [0.5, 0.6) is 5.75 Å². The van der Waals surface area contributed by atoms with Crippen molar-refractivity contribution in [1.82, 2.24) is 5.43 Å². The van der Waals surface area contributed by atoms with Gasteiger partial charge in [-0.15, -0.1) is 0 Å². The van der Waals surface area contributed by atoms with Crippen LogP contribution in [0, 0.1) is 12.7 Å². The molecule has 0 aliphatic rings. The molecule has 2 aromatic carbocycles. The highest BCUT2D eigenvalue weighted by molar-refractivity contribution is 5.38. The number of nitrogens with two attached hydrogens (primary N) is 1. The highest BCUT2D eigenvalue weighted by Crippen LogP contribution is 2.27. The lowest BCUT2D eigenvalue weighted by Crippen LogP contribution is -2.29. The maximum absolute atomic E-state index is 14.1. The lowest BCUT2D eigenvalue weighted by molar-refractivity contribution is 0.317. The highest BCUT2D eigenvalue weighted by atomic mass is 19.1. The van der Waals surface area contributed by atoms with E-state index in [1.165, 1.54) is 6.07 Å². The zero-order valence-electron chi connectivity index (χ0n) is 12.4. The van der Waals surface area contributed by atoms with E-state index in [9.17, 15) is 4.39 Å². The minimum atomic E-state index is -0.407. The number of ether oxygens (including phenoxy) is 1. The van der Waals surface area contributed by atoms with Crippen molar-refractivity contribution in [2.75, 3.05) is 6.61 Å². The van der Waals surface area contributed by atoms with Gasteiger partial charge in [0.05, 0.1) is 12.6 Å². The second-order valence-electron chi connectivity index (χ2n) is 5.05. The number of hydrogen-bond acceptors (Lipinski definition) is 3. The van der Waals surface area contributed by atoms with E-state index in [-0.39, 0.29) is 5.82 Å². The molecule has 0 bridgehead atoms. The minimum absolute atomic E-state index is 0.275. The van der Waals surface area contributed by atoms with Crippen molar-refractivity contribution in [3.63, 3.8) is 0 Å². The highest BCUT2D eigenvalue weighted by Gasteiger charge is 2.17. The van der Waals surface area contributed by atoms with Gasteiger partial charge in [-0.2, -0.15) is 0 Å². The first-order chi connectivity index (χ1) is 10.2. The maximum Gasteiger partial charge on any atom is 0.128 e. The van der Waals surface area contributed by atoms with Crippen LogP contribution < -0.4 is 16.0 Å². The first-order valence-corrected chi connectivity index (χ1v) is 7.10. The number of rotatable bonds is 6. The Morgan fingerprint density at radius 2 is 2.05 bits per heavy atom. The molecule has 0 aromatic heterocycles. The Bertz CT molecular complexity index is 601. The van der Waals surface area contributed by atoms with E-state index in [1.54, 1.807) is 12.1 Å². The number of nitrogens with one attached hydrogen (secondary N) is 1. The largest absolute Gasteiger partial charge is 0.494 e. The zero-order valence-corrected chi connectivity index (χ0v) is 12.4. The first kappa shape index (κ1) is 15.5. The van der Waals surface area contributed by atoms with Gasteiger partial charge in [0.15, 0.2) is 0 Å². The Morgan fingerprint density at radius 3 is 2.76 bits per heavy atom. The average Bonchev–Trinajstić information content (AvgIpc) is 2.50. The van der Waals surface area contributed by atoms with Crippen molar-refractivity contribution in [2.45, 2.75) is 26.3 Å². The summed E-state index contributed by atoms with van der Waals surface area (Å²) < 4.78 is 19.7. The summed E-state index contributed by atoms with van der Waals surface area (Å²) >= 11 is 0. The summed E-state index contributed by atoms with van der Waals surface area (Å²) in [7, 11) is 0. The molecule has 0 aliphatic carbocycles. The number of halogens is 1. The molecule has 2 rings (SSSR count). The Kier molecular flexibility index (Phi) is 5.31. The van der Waals surface area contributed by atoms with Gasteiger partial charge in [-0.05, 0) is 37.1 Å². The van der Waals surface area contributed by atoms with E-state index in [0.29, 0.717) is 12.2 Å². The summed E-state index contributed by atoms with van der Waals surface area (Å²) in [5.74, 6) is 6.14. The van der Waals surface area contributed by atoms with Crippen molar-refractivity contribution in [2.24, 2.45) is 5.84 Å². The smallest absolute Gasteiger partial charge is 0.128 e. The van der Waals surface area contributed by atoms with Gasteiger partial charge in [0, 0.05) is 5.56 Å². The molecule has 1 atom stereocenters. The average molecular weight is 288 g/mol. The van der Waals surface area contributed by atoms with Gasteiger partial charge in [-0.25, -0.2) is 9.82 Å². The molecule has 3 nitrogen and oxygen atoms in total. The van der Waals surface area contributed by atoms with Crippen LogP contribution in [0.4, 0.5) is 4.39 Å². The van der Waals surface area contributed by atoms with Crippen LogP contribution in [0.15, 0.2) is 42.5 Å². The summed E-state index contributed by atoms with van der Waals surface area (Å²) in [6, 6.07) is 12.2. The first-order valence-electron chi connectivity index (χ1n) is 7.10. The van der Waals surface area contributed by atoms with Crippen LogP contribution in [-0.4, -0.2) is 6.61 Å². The Labute approximate surface area is 124 Å². The van der Waals surface area contributed by atoms with E-state index in [1.807, 2.05) is 31.2 Å². The van der Waals surface area contributed by atoms with Gasteiger partial charge in [-0.1, -0.05) is 36.8 Å². The summed E-state index contributed by atoms with van der Waals surface area (Å²) in [4.78, 5) is 0. The topological polar surface area (TPSA) is 47.3 Å². The molecular weight excluding hydrogens is 267 g/mol. The molecule has 0 amide bonds. The molecule has 112 valence electrons. The monoisotopic (exact) mass is 288 g/mol. The molecule has 0 saturated heterocycles. The van der Waals surface area contributed by atoms with Gasteiger partial charge in [0.1, 0.15) is 11.6 Å². The van der Waals surface area contributed by atoms with Crippen molar-refractivity contribution >= 4 is 0 Å². The molecular formula is C17H21FN2O. The molecule has 2 aromatic rings. The SMILES string of the molecule is CCCOc1cccc(C(NN)c2cc(C)ccc2F)c1. The standard InChI is InChI=1S/C17H21FN2O/c1-3-9-21-14-6-4-5-13(11-14)17(20-19)15-10-12(2)7-8-16(15)18/h4-8,10-11,17,20H,3,9,19H2,1-2H3. The number of benzene rings is 2. The van der Waals surface area contributed by atoms with Gasteiger partial charge in [0.2, 0.25) is 0 Å². The molecule has 0 spiro atoms. The van der Waals surface area contributed by atoms with Gasteiger partial charge in [0.25, 0.3) is 0 Å². The molecule has 0 fully saturated rings. The van der Waals surface area contributed by atoms with Gasteiger partial charge >= 0.3 is 0 Å². The molecule has 0 saturated carbocycles. The lowest BCUT2D eigenvalue weighted by atomic mass is 9.97. The van der Waals surface area contributed by atoms with Crippen LogP contribution in [0.3, 0.4) is 0 Å². The molecule has 0 radical (unpaired) electrons. The van der Waals surface area contributed by atoms with E-state index in [0.717, 1.165) is 23.3 Å². The minimum Gasteiger partial charge on any atom is -0.494 e. The fraction of sp³-hybridized carbons (Fsp3) is 0.294. The molecule has 4 heteroatoms. The molecule has 3 N–H and O–H groups in total. The van der Waals surface area contributed by atoms with E-state index in [2.05, 4.69) is 12.3 Å². The fourth-order valence-corrected chi connectivity index (χ4v) is 2.25. The third kappa shape index (κ3) is 3.80. The lowest BCUT2D eigenvalue weighted by Gasteiger charge is -2.19. The molecule has 0 heterocycles. The predicted molar refractivity (Wildman–Crippen MR) is 82.5 cm³/mol. The normalized spacial score (nSPS) is 12.2. The molecule has 0 aliphatic heterocycles. The predicted octanol–water partition coefficient (Wildman–Crippen LogP) is 3.48.